The van der Waals surface area contributed by atoms with Gasteiger partial charge in [-0.2, -0.15) is 0 Å². The molecule has 1 aliphatic heterocycles. The Bertz CT molecular complexity index is 1130. The summed E-state index contributed by atoms with van der Waals surface area (Å²) >= 11 is 12.5. The van der Waals surface area contributed by atoms with E-state index in [1.54, 1.807) is 12.1 Å². The zero-order chi connectivity index (χ0) is 20.1. The molecule has 0 N–H and O–H groups in total. The van der Waals surface area contributed by atoms with Gasteiger partial charge in [0.05, 0.1) is 21.5 Å². The van der Waals surface area contributed by atoms with Crippen LogP contribution in [-0.2, 0) is 26.1 Å². The Morgan fingerprint density at radius 2 is 1.67 bits per heavy atom. The lowest BCUT2D eigenvalue weighted by Gasteiger charge is -2.38. The minimum atomic E-state index is -3.64. The number of anilines is 1. The number of fused-ring (bicyclic) bond motifs is 1. The lowest BCUT2D eigenvalue weighted by atomic mass is 9.93. The Kier molecular flexibility index (Phi) is 5.27. The van der Waals surface area contributed by atoms with Gasteiger partial charge >= 0.3 is 0 Å². The molecule has 0 fully saturated rings. The van der Waals surface area contributed by atoms with Crippen LogP contribution in [0, 0.1) is 0 Å². The normalized spacial score (nSPS) is 17.7. The fourth-order valence-electron chi connectivity index (χ4n) is 3.44. The van der Waals surface area contributed by atoms with Crippen molar-refractivity contribution in [3.63, 3.8) is 0 Å². The number of nitrogens with zero attached hydrogens (tertiary/aromatic N) is 1. The van der Waals surface area contributed by atoms with Gasteiger partial charge in [0.15, 0.2) is 19.7 Å². The van der Waals surface area contributed by atoms with E-state index in [-0.39, 0.29) is 15.8 Å². The first-order valence-corrected chi connectivity index (χ1v) is 12.7. The van der Waals surface area contributed by atoms with E-state index in [4.69, 9.17) is 23.2 Å². The van der Waals surface area contributed by atoms with E-state index < -0.39 is 19.7 Å². The van der Waals surface area contributed by atoms with E-state index in [0.29, 0.717) is 28.7 Å². The smallest absolute Gasteiger partial charge is 0.177 e. The Labute approximate surface area is 169 Å². The Morgan fingerprint density at radius 3 is 2.26 bits per heavy atom. The molecule has 1 atom stereocenters. The van der Waals surface area contributed by atoms with Crippen LogP contribution in [-0.4, -0.2) is 35.9 Å². The van der Waals surface area contributed by atoms with Crippen LogP contribution in [0.4, 0.5) is 5.69 Å². The van der Waals surface area contributed by atoms with Gasteiger partial charge in [-0.3, -0.25) is 0 Å². The van der Waals surface area contributed by atoms with Crippen molar-refractivity contribution in [2.45, 2.75) is 29.2 Å². The molecule has 0 aliphatic carbocycles. The maximum absolute atomic E-state index is 12.4. The fraction of sp³-hybridized carbons (Fsp3) is 0.333. The van der Waals surface area contributed by atoms with Gasteiger partial charge in [-0.1, -0.05) is 23.2 Å². The van der Waals surface area contributed by atoms with E-state index in [0.717, 1.165) is 23.6 Å². The Morgan fingerprint density at radius 1 is 1.00 bits per heavy atom. The van der Waals surface area contributed by atoms with Crippen LogP contribution in [0.2, 0.25) is 10.0 Å². The van der Waals surface area contributed by atoms with Crippen LogP contribution in [0.25, 0.3) is 0 Å². The second kappa shape index (κ2) is 6.95. The molecule has 0 radical (unpaired) electrons. The van der Waals surface area contributed by atoms with Crippen molar-refractivity contribution in [1.82, 2.24) is 0 Å². The first-order chi connectivity index (χ1) is 12.4. The largest absolute Gasteiger partial charge is 0.363 e. The summed E-state index contributed by atoms with van der Waals surface area (Å²) in [5, 5.41) is 1.11. The summed E-state index contributed by atoms with van der Waals surface area (Å²) < 4.78 is 48.5. The minimum Gasteiger partial charge on any atom is -0.363 e. The van der Waals surface area contributed by atoms with Crippen molar-refractivity contribution >= 4 is 48.6 Å². The van der Waals surface area contributed by atoms with E-state index in [1.165, 1.54) is 12.1 Å². The van der Waals surface area contributed by atoms with Gasteiger partial charge in [0.1, 0.15) is 0 Å². The van der Waals surface area contributed by atoms with Crippen molar-refractivity contribution in [2.24, 2.45) is 0 Å². The fourth-order valence-corrected chi connectivity index (χ4v) is 5.67. The van der Waals surface area contributed by atoms with Crippen molar-refractivity contribution < 1.29 is 16.8 Å². The molecule has 1 aliphatic rings. The topological polar surface area (TPSA) is 71.5 Å². The van der Waals surface area contributed by atoms with Gasteiger partial charge in [-0.25, -0.2) is 16.8 Å². The first-order valence-electron chi connectivity index (χ1n) is 8.18. The summed E-state index contributed by atoms with van der Waals surface area (Å²) in [6.45, 7) is 2.50. The highest BCUT2D eigenvalue weighted by Gasteiger charge is 2.30. The summed E-state index contributed by atoms with van der Waals surface area (Å²) in [5.41, 5.74) is 2.41. The average Bonchev–Trinajstić information content (AvgIpc) is 2.53. The average molecular weight is 448 g/mol. The second-order valence-corrected chi connectivity index (χ2v) is 11.6. The number of rotatable bonds is 3. The predicted molar refractivity (Wildman–Crippen MR) is 109 cm³/mol. The van der Waals surface area contributed by atoms with Gasteiger partial charge in [-0.05, 0) is 54.8 Å². The van der Waals surface area contributed by atoms with Crippen LogP contribution in [0.1, 0.15) is 24.1 Å². The number of benzene rings is 2. The molecule has 0 saturated heterocycles. The first kappa shape index (κ1) is 20.5. The molecule has 0 amide bonds. The Balaban J connectivity index is 2.17. The monoisotopic (exact) mass is 447 g/mol. The van der Waals surface area contributed by atoms with E-state index >= 15 is 0 Å². The molecule has 5 nitrogen and oxygen atoms in total. The van der Waals surface area contributed by atoms with Crippen molar-refractivity contribution in [1.29, 1.82) is 0 Å². The SMILES string of the molecule is C[C@H]1c2cc(Cl)cc(Cl)c2CCN1c1ccc(S(C)(=O)=O)cc1S(C)(=O)=O. The highest BCUT2D eigenvalue weighted by molar-refractivity contribution is 7.91. The molecule has 2 aromatic rings. The lowest BCUT2D eigenvalue weighted by Crippen LogP contribution is -2.35. The molecule has 0 unspecified atom stereocenters. The molecule has 0 aromatic heterocycles. The predicted octanol–water partition coefficient (Wildman–Crippen LogP) is 3.92. The third-order valence-electron chi connectivity index (χ3n) is 4.78. The second-order valence-electron chi connectivity index (χ2n) is 6.75. The maximum Gasteiger partial charge on any atom is 0.177 e. The molecule has 0 spiro atoms. The van der Waals surface area contributed by atoms with Gasteiger partial charge in [0, 0.05) is 29.1 Å². The van der Waals surface area contributed by atoms with Crippen LogP contribution in [0.3, 0.4) is 0 Å². The highest BCUT2D eigenvalue weighted by atomic mass is 35.5. The minimum absolute atomic E-state index is 0.00569. The number of sulfone groups is 2. The van der Waals surface area contributed by atoms with Crippen LogP contribution < -0.4 is 4.90 Å². The van der Waals surface area contributed by atoms with Crippen molar-refractivity contribution in [3.8, 4) is 0 Å². The third kappa shape index (κ3) is 3.97. The zero-order valence-electron chi connectivity index (χ0n) is 15.0. The number of halogens is 2. The third-order valence-corrected chi connectivity index (χ3v) is 7.58. The number of hydrogen-bond acceptors (Lipinski definition) is 5. The van der Waals surface area contributed by atoms with Gasteiger partial charge in [-0.15, -0.1) is 0 Å². The number of hydrogen-bond donors (Lipinski definition) is 0. The van der Waals surface area contributed by atoms with Gasteiger partial charge < -0.3 is 4.90 Å². The summed E-state index contributed by atoms with van der Waals surface area (Å²) in [5.74, 6) is 0. The molecular formula is C18H19Cl2NO4S2. The molecule has 2 aromatic carbocycles. The molecule has 0 bridgehead atoms. The van der Waals surface area contributed by atoms with E-state index in [1.807, 2.05) is 17.9 Å². The lowest BCUT2D eigenvalue weighted by molar-refractivity contribution is 0.594. The van der Waals surface area contributed by atoms with E-state index in [2.05, 4.69) is 0 Å². The van der Waals surface area contributed by atoms with Crippen molar-refractivity contribution in [3.05, 3.63) is 51.5 Å². The van der Waals surface area contributed by atoms with Crippen LogP contribution in [0.5, 0.6) is 0 Å². The summed E-state index contributed by atoms with van der Waals surface area (Å²) in [4.78, 5) is 1.91. The maximum atomic E-state index is 12.4. The molecule has 9 heteroatoms. The molecular weight excluding hydrogens is 429 g/mol. The van der Waals surface area contributed by atoms with Gasteiger partial charge in [0.25, 0.3) is 0 Å². The molecule has 146 valence electrons. The molecule has 27 heavy (non-hydrogen) atoms. The zero-order valence-corrected chi connectivity index (χ0v) is 18.2. The van der Waals surface area contributed by atoms with Crippen LogP contribution >= 0.6 is 23.2 Å². The van der Waals surface area contributed by atoms with Crippen LogP contribution in [0.15, 0.2) is 40.1 Å². The van der Waals surface area contributed by atoms with Gasteiger partial charge in [0.2, 0.25) is 0 Å². The summed E-state index contributed by atoms with van der Waals surface area (Å²) in [6.07, 6.45) is 2.76. The molecule has 3 rings (SSSR count). The Hall–Kier alpha value is -1.28. The summed E-state index contributed by atoms with van der Waals surface area (Å²) in [7, 11) is -7.17. The molecule has 0 saturated carbocycles. The summed E-state index contributed by atoms with van der Waals surface area (Å²) in [6, 6.07) is 7.59. The van der Waals surface area contributed by atoms with Crippen molar-refractivity contribution in [2.75, 3.05) is 24.0 Å². The standard InChI is InChI=1S/C18H19Cl2NO4S2/c1-11-15-8-12(19)9-16(20)14(15)6-7-21(11)17-5-4-13(26(2,22)23)10-18(17)27(3,24)25/h4-5,8-11H,6-7H2,1-3H3/t11-/m0/s1. The quantitative estimate of drug-likeness (QED) is 0.712. The van der Waals surface area contributed by atoms with E-state index in [9.17, 15) is 16.8 Å². The highest BCUT2D eigenvalue weighted by Crippen LogP contribution is 2.40. The molecule has 1 heterocycles.